The lowest BCUT2D eigenvalue weighted by molar-refractivity contribution is 0.0747. The predicted molar refractivity (Wildman–Crippen MR) is 90.1 cm³/mol. The summed E-state index contributed by atoms with van der Waals surface area (Å²) < 4.78 is 1.49. The number of carbonyl (C=O) groups is 1. The fourth-order valence-electron chi connectivity index (χ4n) is 1.97. The second kappa shape index (κ2) is 6.94. The average molecular weight is 391 g/mol. The maximum Gasteiger partial charge on any atom is 0.275 e. The van der Waals surface area contributed by atoms with E-state index in [9.17, 15) is 4.79 Å². The molecule has 0 aromatic carbocycles. The highest BCUT2D eigenvalue weighted by Crippen LogP contribution is 2.27. The van der Waals surface area contributed by atoms with Crippen molar-refractivity contribution in [2.45, 2.75) is 33.2 Å². The van der Waals surface area contributed by atoms with Crippen LogP contribution < -0.4 is 0 Å². The van der Waals surface area contributed by atoms with Crippen molar-refractivity contribution in [1.82, 2.24) is 15.1 Å². The molecule has 21 heavy (non-hydrogen) atoms. The van der Waals surface area contributed by atoms with Crippen molar-refractivity contribution in [3.05, 3.63) is 37.2 Å². The minimum Gasteiger partial charge on any atom is -0.332 e. The van der Waals surface area contributed by atoms with Gasteiger partial charge >= 0.3 is 0 Å². The molecule has 0 unspecified atom stereocenters. The summed E-state index contributed by atoms with van der Waals surface area (Å²) in [5.41, 5.74) is 1.37. The Balaban J connectivity index is 2.20. The van der Waals surface area contributed by atoms with E-state index in [1.807, 2.05) is 19.1 Å². The molecular weight excluding hydrogens is 374 g/mol. The van der Waals surface area contributed by atoms with Crippen LogP contribution in [0.5, 0.6) is 0 Å². The van der Waals surface area contributed by atoms with Crippen molar-refractivity contribution in [2.24, 2.45) is 0 Å². The Morgan fingerprint density at radius 2 is 2.24 bits per heavy atom. The topological polar surface area (TPSA) is 49.0 Å². The number of nitrogens with zero attached hydrogens (tertiary/aromatic N) is 2. The molecule has 2 rings (SSSR count). The summed E-state index contributed by atoms with van der Waals surface area (Å²) in [6.07, 6.45) is 0. The summed E-state index contributed by atoms with van der Waals surface area (Å²) in [6.45, 7) is 7.22. The highest BCUT2D eigenvalue weighted by atomic mass is 79.9. The van der Waals surface area contributed by atoms with E-state index in [1.54, 1.807) is 4.90 Å². The summed E-state index contributed by atoms with van der Waals surface area (Å²) in [5, 5.41) is 7.11. The third-order valence-electron chi connectivity index (χ3n) is 3.16. The van der Waals surface area contributed by atoms with Crippen molar-refractivity contribution in [1.29, 1.82) is 0 Å². The van der Waals surface area contributed by atoms with Crippen LogP contribution in [0.3, 0.4) is 0 Å². The summed E-state index contributed by atoms with van der Waals surface area (Å²) in [5.74, 6) is 0.191. The number of nitrogens with one attached hydrogen (secondary N) is 1. The van der Waals surface area contributed by atoms with E-state index >= 15 is 0 Å². The lowest BCUT2D eigenvalue weighted by atomic mass is 10.1. The van der Waals surface area contributed by atoms with E-state index in [0.717, 1.165) is 19.4 Å². The molecule has 2 aromatic rings. The Labute approximate surface area is 141 Å². The number of halogens is 2. The molecule has 0 fully saturated rings. The van der Waals surface area contributed by atoms with Gasteiger partial charge < -0.3 is 4.90 Å². The van der Waals surface area contributed by atoms with Gasteiger partial charge in [0.25, 0.3) is 5.91 Å². The fraction of sp³-hybridized carbons (Fsp3) is 0.429. The van der Waals surface area contributed by atoms with Crippen LogP contribution in [0.2, 0.25) is 4.34 Å². The second-order valence-corrected chi connectivity index (χ2v) is 7.57. The largest absolute Gasteiger partial charge is 0.332 e. The maximum absolute atomic E-state index is 12.6. The molecule has 1 amide bonds. The molecule has 0 saturated heterocycles. The van der Waals surface area contributed by atoms with Crippen LogP contribution in [0, 0.1) is 0 Å². The number of amides is 1. The van der Waals surface area contributed by atoms with Gasteiger partial charge in [0.2, 0.25) is 0 Å². The van der Waals surface area contributed by atoms with E-state index < -0.39 is 0 Å². The number of rotatable bonds is 5. The quantitative estimate of drug-likeness (QED) is 0.806. The third kappa shape index (κ3) is 3.67. The second-order valence-electron chi connectivity index (χ2n) is 4.98. The number of aromatic amines is 1. The molecule has 1 N–H and O–H groups in total. The molecule has 7 heteroatoms. The van der Waals surface area contributed by atoms with Crippen LogP contribution in [0.15, 0.2) is 16.6 Å². The van der Waals surface area contributed by atoms with Crippen molar-refractivity contribution in [2.75, 3.05) is 6.54 Å². The zero-order chi connectivity index (χ0) is 15.6. The van der Waals surface area contributed by atoms with Crippen molar-refractivity contribution < 1.29 is 4.79 Å². The van der Waals surface area contributed by atoms with Gasteiger partial charge in [-0.1, -0.05) is 25.4 Å². The van der Waals surface area contributed by atoms with Gasteiger partial charge in [-0.3, -0.25) is 9.89 Å². The smallest absolute Gasteiger partial charge is 0.275 e. The first-order valence-electron chi connectivity index (χ1n) is 6.71. The summed E-state index contributed by atoms with van der Waals surface area (Å²) in [7, 11) is 0. The van der Waals surface area contributed by atoms with Gasteiger partial charge in [0.15, 0.2) is 5.69 Å². The third-order valence-corrected chi connectivity index (χ3v) is 5.18. The summed E-state index contributed by atoms with van der Waals surface area (Å²) in [4.78, 5) is 15.4. The average Bonchev–Trinajstić information content (AvgIpc) is 3.01. The number of carbonyl (C=O) groups excluding carboxylic acids is 1. The number of hydrogen-bond donors (Lipinski definition) is 1. The molecule has 114 valence electrons. The van der Waals surface area contributed by atoms with E-state index in [1.165, 1.54) is 11.3 Å². The Morgan fingerprint density at radius 3 is 2.71 bits per heavy atom. The van der Waals surface area contributed by atoms with Crippen LogP contribution in [0.25, 0.3) is 0 Å². The maximum atomic E-state index is 12.6. The van der Waals surface area contributed by atoms with Crippen LogP contribution >= 0.6 is 38.9 Å². The molecule has 0 atom stereocenters. The van der Waals surface area contributed by atoms with E-state index in [4.69, 9.17) is 11.6 Å². The summed E-state index contributed by atoms with van der Waals surface area (Å²) >= 11 is 10.9. The number of aromatic nitrogens is 2. The molecule has 0 spiro atoms. The minimum absolute atomic E-state index is 0.0861. The fourth-order valence-corrected chi connectivity index (χ4v) is 3.88. The van der Waals surface area contributed by atoms with Crippen LogP contribution in [0.1, 0.15) is 47.7 Å². The lowest BCUT2D eigenvalue weighted by Crippen LogP contribution is -2.30. The highest BCUT2D eigenvalue weighted by molar-refractivity contribution is 9.10. The molecule has 2 aromatic heterocycles. The number of thiophene rings is 1. The molecular formula is C14H17BrClN3OS. The lowest BCUT2D eigenvalue weighted by Gasteiger charge is -2.19. The van der Waals surface area contributed by atoms with Crippen LogP contribution in [0.4, 0.5) is 0 Å². The van der Waals surface area contributed by atoms with Gasteiger partial charge in [-0.15, -0.1) is 11.3 Å². The monoisotopic (exact) mass is 389 g/mol. The van der Waals surface area contributed by atoms with Gasteiger partial charge in [-0.25, -0.2) is 0 Å². The van der Waals surface area contributed by atoms with Crippen molar-refractivity contribution in [3.8, 4) is 0 Å². The summed E-state index contributed by atoms with van der Waals surface area (Å²) in [6, 6.07) is 3.79. The zero-order valence-corrected chi connectivity index (χ0v) is 15.3. The Morgan fingerprint density at radius 1 is 1.52 bits per heavy atom. The van der Waals surface area contributed by atoms with Gasteiger partial charge in [-0.2, -0.15) is 5.10 Å². The molecule has 0 aliphatic rings. The standard InChI is InChI=1S/C14H17BrClN3OS/c1-4-19(7-9-5-6-10(16)21-9)14(20)13-11(15)12(8(2)3)17-18-13/h5-6,8H,4,7H2,1-3H3,(H,17,18). The van der Waals surface area contributed by atoms with E-state index in [2.05, 4.69) is 40.0 Å². The minimum atomic E-state index is -0.0861. The molecule has 4 nitrogen and oxygen atoms in total. The molecule has 0 radical (unpaired) electrons. The van der Waals surface area contributed by atoms with Gasteiger partial charge in [-0.05, 0) is 40.9 Å². The predicted octanol–water partition coefficient (Wildman–Crippen LogP) is 4.67. The first-order chi connectivity index (χ1) is 9.93. The molecule has 0 aliphatic carbocycles. The zero-order valence-electron chi connectivity index (χ0n) is 12.1. The molecule has 0 aliphatic heterocycles. The van der Waals surface area contributed by atoms with Crippen molar-refractivity contribution in [3.63, 3.8) is 0 Å². The Hall–Kier alpha value is -0.850. The molecule has 0 bridgehead atoms. The number of H-pyrrole nitrogens is 1. The number of hydrogen-bond acceptors (Lipinski definition) is 3. The van der Waals surface area contributed by atoms with Gasteiger partial charge in [0, 0.05) is 11.4 Å². The SMILES string of the molecule is CCN(Cc1ccc(Cl)s1)C(=O)c1n[nH]c(C(C)C)c1Br. The Bertz CT molecular complexity index is 638. The van der Waals surface area contributed by atoms with Crippen LogP contribution in [-0.4, -0.2) is 27.5 Å². The normalized spacial score (nSPS) is 11.1. The molecule has 0 saturated carbocycles. The molecule has 2 heterocycles. The van der Waals surface area contributed by atoms with Crippen LogP contribution in [-0.2, 0) is 6.54 Å². The van der Waals surface area contributed by atoms with E-state index in [0.29, 0.717) is 18.8 Å². The highest BCUT2D eigenvalue weighted by Gasteiger charge is 2.23. The van der Waals surface area contributed by atoms with Gasteiger partial charge in [0.1, 0.15) is 0 Å². The first kappa shape index (κ1) is 16.5. The Kier molecular flexibility index (Phi) is 5.46. The first-order valence-corrected chi connectivity index (χ1v) is 8.70. The van der Waals surface area contributed by atoms with E-state index in [-0.39, 0.29) is 11.8 Å². The van der Waals surface area contributed by atoms with Gasteiger partial charge in [0.05, 0.1) is 21.0 Å². The van der Waals surface area contributed by atoms with Crippen molar-refractivity contribution >= 4 is 44.8 Å².